The summed E-state index contributed by atoms with van der Waals surface area (Å²) in [5.74, 6) is 0. The molecule has 3 rings (SSSR count). The highest BCUT2D eigenvalue weighted by molar-refractivity contribution is 5.45. The highest BCUT2D eigenvalue weighted by Gasteiger charge is 2.35. The Hall–Kier alpha value is -2.15. The third-order valence-electron chi connectivity index (χ3n) is 4.78. The minimum Gasteiger partial charge on any atom is -0.370 e. The Kier molecular flexibility index (Phi) is 5.07. The lowest BCUT2D eigenvalue weighted by molar-refractivity contribution is -0.908. The van der Waals surface area contributed by atoms with E-state index in [1.54, 1.807) is 0 Å². The van der Waals surface area contributed by atoms with Gasteiger partial charge in [0.15, 0.2) is 0 Å². The van der Waals surface area contributed by atoms with Crippen molar-refractivity contribution in [2.75, 3.05) is 32.8 Å². The van der Waals surface area contributed by atoms with Crippen molar-refractivity contribution in [2.45, 2.75) is 11.8 Å². The predicted octanol–water partition coefficient (Wildman–Crippen LogP) is 1.80. The number of nitriles is 1. The number of hydrogen-bond donors (Lipinski definition) is 1. The van der Waals surface area contributed by atoms with Gasteiger partial charge in [0, 0.05) is 6.42 Å². The highest BCUT2D eigenvalue weighted by atomic mass is 16.5. The van der Waals surface area contributed by atoms with Crippen LogP contribution in [0.4, 0.5) is 0 Å². The van der Waals surface area contributed by atoms with Crippen LogP contribution in [0.5, 0.6) is 0 Å². The van der Waals surface area contributed by atoms with Gasteiger partial charge in [0.25, 0.3) is 0 Å². The minimum atomic E-state index is -0.576. The van der Waals surface area contributed by atoms with Crippen LogP contribution in [0.15, 0.2) is 60.7 Å². The molecule has 1 heterocycles. The SMILES string of the molecule is N#CC(CC[NH+]1CCOCC1)(c1ccccc1)c1ccccc1. The molecule has 0 aromatic heterocycles. The molecule has 2 aromatic carbocycles. The first-order valence-electron chi connectivity index (χ1n) is 8.29. The fourth-order valence-corrected chi connectivity index (χ4v) is 3.36. The number of nitrogens with zero attached hydrogens (tertiary/aromatic N) is 1. The van der Waals surface area contributed by atoms with E-state index in [9.17, 15) is 5.26 Å². The first-order chi connectivity index (χ1) is 11.3. The largest absolute Gasteiger partial charge is 0.370 e. The van der Waals surface area contributed by atoms with E-state index in [2.05, 4.69) is 30.3 Å². The van der Waals surface area contributed by atoms with Crippen molar-refractivity contribution in [3.63, 3.8) is 0 Å². The fourth-order valence-electron chi connectivity index (χ4n) is 3.36. The predicted molar refractivity (Wildman–Crippen MR) is 90.3 cm³/mol. The molecule has 0 spiro atoms. The molecule has 1 aliphatic heterocycles. The number of morpholine rings is 1. The van der Waals surface area contributed by atoms with Crippen molar-refractivity contribution in [1.29, 1.82) is 5.26 Å². The monoisotopic (exact) mass is 307 g/mol. The van der Waals surface area contributed by atoms with Crippen molar-refractivity contribution in [1.82, 2.24) is 0 Å². The summed E-state index contributed by atoms with van der Waals surface area (Å²) in [7, 11) is 0. The average molecular weight is 307 g/mol. The van der Waals surface area contributed by atoms with Crippen LogP contribution in [0.25, 0.3) is 0 Å². The van der Waals surface area contributed by atoms with Crippen LogP contribution in [0.1, 0.15) is 17.5 Å². The lowest BCUT2D eigenvalue weighted by Gasteiger charge is -2.31. The van der Waals surface area contributed by atoms with Gasteiger partial charge in [-0.3, -0.25) is 0 Å². The van der Waals surface area contributed by atoms with Crippen molar-refractivity contribution < 1.29 is 9.64 Å². The molecule has 0 amide bonds. The van der Waals surface area contributed by atoms with Gasteiger partial charge in [-0.2, -0.15) is 5.26 Å². The molecule has 1 aliphatic rings. The van der Waals surface area contributed by atoms with Crippen molar-refractivity contribution in [2.24, 2.45) is 0 Å². The number of benzene rings is 2. The molecule has 0 aliphatic carbocycles. The Bertz CT molecular complexity index is 603. The van der Waals surface area contributed by atoms with E-state index < -0.39 is 5.41 Å². The summed E-state index contributed by atoms with van der Waals surface area (Å²) in [5.41, 5.74) is 1.59. The standard InChI is InChI=1S/C20H22N2O/c21-17-20(18-7-3-1-4-8-18,19-9-5-2-6-10-19)11-12-22-13-15-23-16-14-22/h1-10H,11-16H2/p+1. The quantitative estimate of drug-likeness (QED) is 0.914. The lowest BCUT2D eigenvalue weighted by atomic mass is 9.73. The Morgan fingerprint density at radius 2 is 1.43 bits per heavy atom. The van der Waals surface area contributed by atoms with Crippen LogP contribution in [-0.2, 0) is 10.2 Å². The Balaban J connectivity index is 1.91. The number of hydrogen-bond acceptors (Lipinski definition) is 2. The van der Waals surface area contributed by atoms with Gasteiger partial charge in [-0.25, -0.2) is 0 Å². The number of quaternary nitrogens is 1. The molecule has 0 unspecified atom stereocenters. The molecule has 3 nitrogen and oxygen atoms in total. The summed E-state index contributed by atoms with van der Waals surface area (Å²) in [6.07, 6.45) is 0.826. The van der Waals surface area contributed by atoms with Gasteiger partial charge < -0.3 is 9.64 Å². The number of ether oxygens (including phenoxy) is 1. The third-order valence-corrected chi connectivity index (χ3v) is 4.78. The fraction of sp³-hybridized carbons (Fsp3) is 0.350. The maximum absolute atomic E-state index is 10.1. The second-order valence-corrected chi connectivity index (χ2v) is 6.11. The molecule has 0 saturated carbocycles. The second-order valence-electron chi connectivity index (χ2n) is 6.11. The van der Waals surface area contributed by atoms with Crippen LogP contribution in [0, 0.1) is 11.3 Å². The normalized spacial score (nSPS) is 16.0. The molecule has 1 N–H and O–H groups in total. The van der Waals surface area contributed by atoms with E-state index in [-0.39, 0.29) is 0 Å². The number of rotatable bonds is 5. The van der Waals surface area contributed by atoms with Gasteiger partial charge in [0.05, 0.1) is 25.8 Å². The summed E-state index contributed by atoms with van der Waals surface area (Å²) in [6, 6.07) is 23.0. The molecular formula is C20H23N2O+. The Morgan fingerprint density at radius 3 is 1.91 bits per heavy atom. The van der Waals surface area contributed by atoms with E-state index in [0.29, 0.717) is 0 Å². The van der Waals surface area contributed by atoms with Gasteiger partial charge in [-0.1, -0.05) is 60.7 Å². The zero-order valence-electron chi connectivity index (χ0n) is 13.4. The summed E-state index contributed by atoms with van der Waals surface area (Å²) < 4.78 is 5.44. The zero-order chi connectivity index (χ0) is 16.0. The summed E-state index contributed by atoms with van der Waals surface area (Å²) in [4.78, 5) is 1.53. The van der Waals surface area contributed by atoms with E-state index in [0.717, 1.165) is 50.4 Å². The van der Waals surface area contributed by atoms with Crippen LogP contribution in [0.2, 0.25) is 0 Å². The van der Waals surface area contributed by atoms with Gasteiger partial charge in [0.1, 0.15) is 18.5 Å². The Morgan fingerprint density at radius 1 is 0.913 bits per heavy atom. The average Bonchev–Trinajstić information content (AvgIpc) is 2.65. The minimum absolute atomic E-state index is 0.576. The molecule has 3 heteroatoms. The smallest absolute Gasteiger partial charge is 0.112 e. The van der Waals surface area contributed by atoms with E-state index >= 15 is 0 Å². The van der Waals surface area contributed by atoms with Crippen molar-refractivity contribution in [3.05, 3.63) is 71.8 Å². The van der Waals surface area contributed by atoms with Crippen molar-refractivity contribution >= 4 is 0 Å². The van der Waals surface area contributed by atoms with E-state index in [4.69, 9.17) is 4.74 Å². The maximum atomic E-state index is 10.1. The van der Waals surface area contributed by atoms with Crippen molar-refractivity contribution in [3.8, 4) is 6.07 Å². The van der Waals surface area contributed by atoms with Gasteiger partial charge in [-0.15, -0.1) is 0 Å². The molecule has 0 atom stereocenters. The molecule has 1 saturated heterocycles. The van der Waals surface area contributed by atoms with Crippen LogP contribution >= 0.6 is 0 Å². The zero-order valence-corrected chi connectivity index (χ0v) is 13.4. The molecule has 2 aromatic rings. The highest BCUT2D eigenvalue weighted by Crippen LogP contribution is 2.34. The lowest BCUT2D eigenvalue weighted by Crippen LogP contribution is -3.14. The number of nitrogens with one attached hydrogen (secondary N) is 1. The molecular weight excluding hydrogens is 284 g/mol. The summed E-state index contributed by atoms with van der Waals surface area (Å²) >= 11 is 0. The molecule has 1 fully saturated rings. The topological polar surface area (TPSA) is 37.5 Å². The van der Waals surface area contributed by atoms with Crippen LogP contribution < -0.4 is 4.90 Å². The Labute approximate surface area is 138 Å². The molecule has 118 valence electrons. The molecule has 23 heavy (non-hydrogen) atoms. The summed E-state index contributed by atoms with van der Waals surface area (Å²) in [6.45, 7) is 4.70. The van der Waals surface area contributed by atoms with Crippen LogP contribution in [-0.4, -0.2) is 32.8 Å². The first-order valence-corrected chi connectivity index (χ1v) is 8.29. The van der Waals surface area contributed by atoms with Crippen LogP contribution in [0.3, 0.4) is 0 Å². The third kappa shape index (κ3) is 3.44. The molecule has 0 bridgehead atoms. The van der Waals surface area contributed by atoms with Gasteiger partial charge in [-0.05, 0) is 11.1 Å². The second kappa shape index (κ2) is 7.41. The maximum Gasteiger partial charge on any atom is 0.112 e. The summed E-state index contributed by atoms with van der Waals surface area (Å²) in [5, 5.41) is 10.1. The van der Waals surface area contributed by atoms with E-state index in [1.165, 1.54) is 4.90 Å². The first kappa shape index (κ1) is 15.7. The van der Waals surface area contributed by atoms with Gasteiger partial charge in [0.2, 0.25) is 0 Å². The molecule has 0 radical (unpaired) electrons. The van der Waals surface area contributed by atoms with E-state index in [1.807, 2.05) is 36.4 Å². The van der Waals surface area contributed by atoms with Gasteiger partial charge >= 0.3 is 0 Å².